The Morgan fingerprint density at radius 2 is 2.12 bits per heavy atom. The SMILES string of the molecule is CC[C@@H](C)Cc1c(C)sc2nc(CNc3cccc(C)c3)[nH]c(=O)c12. The van der Waals surface area contributed by atoms with Gasteiger partial charge in [-0.3, -0.25) is 4.79 Å². The molecule has 0 amide bonds. The van der Waals surface area contributed by atoms with Crippen LogP contribution in [0.3, 0.4) is 0 Å². The maximum Gasteiger partial charge on any atom is 0.259 e. The number of aryl methyl sites for hydroxylation is 2. The Kier molecular flexibility index (Phi) is 5.23. The Morgan fingerprint density at radius 1 is 1.32 bits per heavy atom. The minimum atomic E-state index is -0.0197. The van der Waals surface area contributed by atoms with Crippen molar-refractivity contribution in [2.45, 2.75) is 47.1 Å². The van der Waals surface area contributed by atoms with Crippen LogP contribution in [-0.2, 0) is 13.0 Å². The second-order valence-electron chi connectivity index (χ2n) is 6.77. The fourth-order valence-electron chi connectivity index (χ4n) is 2.98. The Morgan fingerprint density at radius 3 is 2.84 bits per heavy atom. The summed E-state index contributed by atoms with van der Waals surface area (Å²) in [5, 5.41) is 4.11. The molecule has 0 saturated carbocycles. The van der Waals surface area contributed by atoms with Crippen molar-refractivity contribution >= 4 is 27.2 Å². The van der Waals surface area contributed by atoms with Gasteiger partial charge < -0.3 is 10.3 Å². The van der Waals surface area contributed by atoms with Gasteiger partial charge in [-0.2, -0.15) is 0 Å². The highest BCUT2D eigenvalue weighted by molar-refractivity contribution is 7.18. The van der Waals surface area contributed by atoms with Gasteiger partial charge in [0.1, 0.15) is 10.7 Å². The van der Waals surface area contributed by atoms with Gasteiger partial charge in [0.05, 0.1) is 11.9 Å². The van der Waals surface area contributed by atoms with Gasteiger partial charge in [0.15, 0.2) is 0 Å². The molecule has 4 nitrogen and oxygen atoms in total. The maximum atomic E-state index is 12.7. The first-order chi connectivity index (χ1) is 12.0. The maximum absolute atomic E-state index is 12.7. The van der Waals surface area contributed by atoms with Gasteiger partial charge >= 0.3 is 0 Å². The van der Waals surface area contributed by atoms with E-state index >= 15 is 0 Å². The van der Waals surface area contributed by atoms with Crippen LogP contribution in [0.5, 0.6) is 0 Å². The third-order valence-electron chi connectivity index (χ3n) is 4.64. The van der Waals surface area contributed by atoms with Gasteiger partial charge in [-0.05, 0) is 49.4 Å². The van der Waals surface area contributed by atoms with Crippen molar-refractivity contribution in [2.24, 2.45) is 5.92 Å². The first kappa shape index (κ1) is 17.7. The summed E-state index contributed by atoms with van der Waals surface area (Å²) in [6, 6.07) is 8.17. The highest BCUT2D eigenvalue weighted by Crippen LogP contribution is 2.29. The fraction of sp³-hybridized carbons (Fsp3) is 0.400. The van der Waals surface area contributed by atoms with E-state index in [-0.39, 0.29) is 5.56 Å². The van der Waals surface area contributed by atoms with Crippen molar-refractivity contribution in [2.75, 3.05) is 5.32 Å². The molecule has 0 saturated heterocycles. The standard InChI is InChI=1S/C20H25N3OS/c1-5-12(2)10-16-14(4)25-20-18(16)19(24)22-17(23-20)11-21-15-8-6-7-13(3)9-15/h6-9,12,21H,5,10-11H2,1-4H3,(H,22,23,24)/t12-/m1/s1. The third kappa shape index (κ3) is 3.93. The van der Waals surface area contributed by atoms with E-state index in [1.54, 1.807) is 11.3 Å². The molecular formula is C20H25N3OS. The minimum Gasteiger partial charge on any atom is -0.378 e. The zero-order valence-corrected chi connectivity index (χ0v) is 16.1. The number of hydrogen-bond acceptors (Lipinski definition) is 4. The quantitative estimate of drug-likeness (QED) is 0.667. The highest BCUT2D eigenvalue weighted by Gasteiger charge is 2.16. The molecule has 0 aliphatic heterocycles. The van der Waals surface area contributed by atoms with Crippen LogP contribution in [0.25, 0.3) is 10.2 Å². The first-order valence-corrected chi connectivity index (χ1v) is 9.61. The predicted octanol–water partition coefficient (Wildman–Crippen LogP) is 4.80. The molecule has 0 unspecified atom stereocenters. The number of anilines is 1. The summed E-state index contributed by atoms with van der Waals surface area (Å²) >= 11 is 1.62. The Hall–Kier alpha value is -2.14. The molecular weight excluding hydrogens is 330 g/mol. The average molecular weight is 356 g/mol. The molecule has 0 aliphatic rings. The lowest BCUT2D eigenvalue weighted by atomic mass is 9.98. The van der Waals surface area contributed by atoms with Crippen molar-refractivity contribution in [3.8, 4) is 0 Å². The minimum absolute atomic E-state index is 0.0197. The molecule has 0 aliphatic carbocycles. The average Bonchev–Trinajstić information content (AvgIpc) is 2.89. The van der Waals surface area contributed by atoms with Crippen LogP contribution in [0.15, 0.2) is 29.1 Å². The second-order valence-corrected chi connectivity index (χ2v) is 7.97. The molecule has 0 spiro atoms. The number of fused-ring (bicyclic) bond motifs is 1. The van der Waals surface area contributed by atoms with E-state index in [9.17, 15) is 4.79 Å². The van der Waals surface area contributed by atoms with Crippen molar-refractivity contribution in [3.05, 3.63) is 56.4 Å². The number of aromatic nitrogens is 2. The lowest BCUT2D eigenvalue weighted by Gasteiger charge is -2.09. The van der Waals surface area contributed by atoms with Crippen LogP contribution in [0.1, 0.15) is 42.1 Å². The molecule has 5 heteroatoms. The molecule has 0 fully saturated rings. The van der Waals surface area contributed by atoms with Crippen molar-refractivity contribution < 1.29 is 0 Å². The molecule has 2 N–H and O–H groups in total. The summed E-state index contributed by atoms with van der Waals surface area (Å²) in [5.74, 6) is 1.24. The highest BCUT2D eigenvalue weighted by atomic mass is 32.1. The molecule has 2 aromatic heterocycles. The summed E-state index contributed by atoms with van der Waals surface area (Å²) in [5.41, 5.74) is 3.38. The summed E-state index contributed by atoms with van der Waals surface area (Å²) in [6.07, 6.45) is 2.05. The van der Waals surface area contributed by atoms with Crippen LogP contribution in [0.2, 0.25) is 0 Å². The van der Waals surface area contributed by atoms with Crippen molar-refractivity contribution in [3.63, 3.8) is 0 Å². The van der Waals surface area contributed by atoms with Gasteiger partial charge in [-0.15, -0.1) is 11.3 Å². The molecule has 1 aromatic carbocycles. The fourth-order valence-corrected chi connectivity index (χ4v) is 4.06. The van der Waals surface area contributed by atoms with Crippen LogP contribution in [0, 0.1) is 19.8 Å². The van der Waals surface area contributed by atoms with E-state index in [2.05, 4.69) is 55.1 Å². The Bertz CT molecular complexity index is 942. The molecule has 25 heavy (non-hydrogen) atoms. The Balaban J connectivity index is 1.88. The molecule has 3 rings (SSSR count). The first-order valence-electron chi connectivity index (χ1n) is 8.79. The van der Waals surface area contributed by atoms with Crippen LogP contribution in [0.4, 0.5) is 5.69 Å². The Labute approximate surface area is 152 Å². The summed E-state index contributed by atoms with van der Waals surface area (Å²) in [4.78, 5) is 22.4. The number of benzene rings is 1. The van der Waals surface area contributed by atoms with Crippen LogP contribution in [-0.4, -0.2) is 9.97 Å². The monoisotopic (exact) mass is 355 g/mol. The van der Waals surface area contributed by atoms with Gasteiger partial charge in [0, 0.05) is 10.6 Å². The molecule has 2 heterocycles. The topological polar surface area (TPSA) is 57.8 Å². The number of nitrogens with zero attached hydrogens (tertiary/aromatic N) is 1. The van der Waals surface area contributed by atoms with Crippen LogP contribution < -0.4 is 10.9 Å². The van der Waals surface area contributed by atoms with E-state index in [0.717, 1.165) is 28.7 Å². The molecule has 0 radical (unpaired) electrons. The van der Waals surface area contributed by atoms with Crippen molar-refractivity contribution in [1.29, 1.82) is 0 Å². The third-order valence-corrected chi connectivity index (χ3v) is 5.68. The van der Waals surface area contributed by atoms with E-state index in [4.69, 9.17) is 0 Å². The molecule has 0 bridgehead atoms. The predicted molar refractivity (Wildman–Crippen MR) is 107 cm³/mol. The normalized spacial score (nSPS) is 12.5. The summed E-state index contributed by atoms with van der Waals surface area (Å²) in [7, 11) is 0. The summed E-state index contributed by atoms with van der Waals surface area (Å²) in [6.45, 7) is 9.07. The number of thiophene rings is 1. The molecule has 3 aromatic rings. The van der Waals surface area contributed by atoms with Gasteiger partial charge in [0.2, 0.25) is 0 Å². The lowest BCUT2D eigenvalue weighted by Crippen LogP contribution is -2.15. The summed E-state index contributed by atoms with van der Waals surface area (Å²) < 4.78 is 0. The second kappa shape index (κ2) is 7.40. The molecule has 132 valence electrons. The number of H-pyrrole nitrogens is 1. The van der Waals surface area contributed by atoms with E-state index in [0.29, 0.717) is 18.3 Å². The van der Waals surface area contributed by atoms with Crippen molar-refractivity contribution in [1.82, 2.24) is 9.97 Å². The molecule has 1 atom stereocenters. The largest absolute Gasteiger partial charge is 0.378 e. The lowest BCUT2D eigenvalue weighted by molar-refractivity contribution is 0.561. The van der Waals surface area contributed by atoms with E-state index in [1.807, 2.05) is 12.1 Å². The van der Waals surface area contributed by atoms with E-state index < -0.39 is 0 Å². The van der Waals surface area contributed by atoms with Gasteiger partial charge in [-0.1, -0.05) is 32.4 Å². The number of rotatable bonds is 6. The zero-order valence-electron chi connectivity index (χ0n) is 15.3. The van der Waals surface area contributed by atoms with Gasteiger partial charge in [-0.25, -0.2) is 4.98 Å². The zero-order chi connectivity index (χ0) is 18.0. The number of hydrogen-bond donors (Lipinski definition) is 2. The smallest absolute Gasteiger partial charge is 0.259 e. The van der Waals surface area contributed by atoms with Crippen LogP contribution >= 0.6 is 11.3 Å². The number of aromatic amines is 1. The number of nitrogens with one attached hydrogen (secondary N) is 2. The van der Waals surface area contributed by atoms with E-state index in [1.165, 1.54) is 16.0 Å². The van der Waals surface area contributed by atoms with Gasteiger partial charge in [0.25, 0.3) is 5.56 Å².